The van der Waals surface area contributed by atoms with E-state index in [0.717, 1.165) is 49.2 Å². The highest BCUT2D eigenvalue weighted by molar-refractivity contribution is 7.15. The maximum atomic E-state index is 14.3. The van der Waals surface area contributed by atoms with E-state index < -0.39 is 29.6 Å². The number of alkyl halides is 3. The van der Waals surface area contributed by atoms with Gasteiger partial charge in [0.1, 0.15) is 11.5 Å². The first kappa shape index (κ1) is 27.4. The molecule has 0 aliphatic heterocycles. The molecule has 2 fully saturated rings. The second-order valence-electron chi connectivity index (χ2n) is 10.0. The van der Waals surface area contributed by atoms with Gasteiger partial charge in [0.2, 0.25) is 0 Å². The van der Waals surface area contributed by atoms with Gasteiger partial charge in [-0.2, -0.15) is 13.2 Å². The number of aliphatic hydroxyl groups is 1. The Bertz CT molecular complexity index is 1370. The normalized spacial score (nSPS) is 16.2. The van der Waals surface area contributed by atoms with Gasteiger partial charge in [0.05, 0.1) is 42.3 Å². The number of aliphatic hydroxyl groups excluding tert-OH is 1. The molecule has 2 aliphatic rings. The number of aromatic nitrogens is 1. The van der Waals surface area contributed by atoms with Gasteiger partial charge in [0, 0.05) is 12.5 Å². The quantitative estimate of drug-likeness (QED) is 0.287. The lowest BCUT2D eigenvalue weighted by molar-refractivity contribution is -0.137. The van der Waals surface area contributed by atoms with Crippen LogP contribution in [-0.4, -0.2) is 48.2 Å². The zero-order valence-corrected chi connectivity index (χ0v) is 22.2. The van der Waals surface area contributed by atoms with Gasteiger partial charge in [0.15, 0.2) is 11.5 Å². The Morgan fingerprint density at radius 3 is 2.44 bits per heavy atom. The molecule has 2 aromatic carbocycles. The number of benzene rings is 2. The molecule has 208 valence electrons. The maximum absolute atomic E-state index is 14.3. The number of hydrogen-bond donors (Lipinski definition) is 1. The summed E-state index contributed by atoms with van der Waals surface area (Å²) in [5.74, 6) is -0.220. The van der Waals surface area contributed by atoms with Gasteiger partial charge in [-0.15, -0.1) is 11.3 Å². The Morgan fingerprint density at radius 1 is 1.10 bits per heavy atom. The van der Waals surface area contributed by atoms with Gasteiger partial charge in [0.25, 0.3) is 5.91 Å². The van der Waals surface area contributed by atoms with Crippen LogP contribution in [0.2, 0.25) is 0 Å². The monoisotopic (exact) mass is 564 g/mol. The molecule has 2 aliphatic carbocycles. The van der Waals surface area contributed by atoms with Gasteiger partial charge in [-0.25, -0.2) is 9.37 Å². The van der Waals surface area contributed by atoms with Crippen LogP contribution >= 0.6 is 11.3 Å². The van der Waals surface area contributed by atoms with Crippen LogP contribution < -0.4 is 9.47 Å². The van der Waals surface area contributed by atoms with E-state index >= 15 is 0 Å². The number of amides is 1. The van der Waals surface area contributed by atoms with Crippen LogP contribution in [0.15, 0.2) is 36.4 Å². The van der Waals surface area contributed by atoms with E-state index in [4.69, 9.17) is 9.47 Å². The van der Waals surface area contributed by atoms with Crippen LogP contribution in [0.4, 0.5) is 17.6 Å². The van der Waals surface area contributed by atoms with Crippen LogP contribution in [0.1, 0.15) is 64.3 Å². The summed E-state index contributed by atoms with van der Waals surface area (Å²) in [5, 5.41) is 11.7. The number of halogens is 4. The first-order valence-corrected chi connectivity index (χ1v) is 13.5. The summed E-state index contributed by atoms with van der Waals surface area (Å²) >= 11 is 1.13. The standard InChI is InChI=1S/C28H28F4N2O4S/c1-37-22-8-7-17(11-23(22)38-2)21(35)14-34(13-15-3-4-15)27(36)24-25(39-26(33-24)16-5-6-16)18-9-19(28(30,31)32)12-20(29)10-18/h7-12,15-16,21,35H,3-6,13-14H2,1-2H3. The summed E-state index contributed by atoms with van der Waals surface area (Å²) in [5.41, 5.74) is -0.669. The van der Waals surface area contributed by atoms with E-state index in [2.05, 4.69) is 4.98 Å². The van der Waals surface area contributed by atoms with Crippen molar-refractivity contribution in [3.8, 4) is 21.9 Å². The number of rotatable bonds is 10. The number of hydrogen-bond acceptors (Lipinski definition) is 6. The van der Waals surface area contributed by atoms with Crippen molar-refractivity contribution in [3.05, 3.63) is 64.0 Å². The molecule has 5 rings (SSSR count). The lowest BCUT2D eigenvalue weighted by atomic mass is 10.1. The first-order valence-electron chi connectivity index (χ1n) is 12.7. The minimum Gasteiger partial charge on any atom is -0.493 e. The van der Waals surface area contributed by atoms with Crippen LogP contribution in [0.25, 0.3) is 10.4 Å². The molecule has 39 heavy (non-hydrogen) atoms. The zero-order chi connectivity index (χ0) is 27.9. The van der Waals surface area contributed by atoms with Crippen LogP contribution in [0.3, 0.4) is 0 Å². The molecule has 1 atom stereocenters. The number of ether oxygens (including phenoxy) is 2. The molecule has 1 aromatic heterocycles. The van der Waals surface area contributed by atoms with Crippen molar-refractivity contribution in [2.75, 3.05) is 27.3 Å². The maximum Gasteiger partial charge on any atom is 0.416 e. The van der Waals surface area contributed by atoms with Crippen molar-refractivity contribution in [2.45, 2.75) is 43.9 Å². The minimum atomic E-state index is -4.74. The number of nitrogens with zero attached hydrogens (tertiary/aromatic N) is 2. The number of methoxy groups -OCH3 is 2. The average molecular weight is 565 g/mol. The predicted molar refractivity (Wildman–Crippen MR) is 138 cm³/mol. The first-order chi connectivity index (χ1) is 18.6. The van der Waals surface area contributed by atoms with Crippen molar-refractivity contribution in [1.29, 1.82) is 0 Å². The van der Waals surface area contributed by atoms with Crippen LogP contribution in [0.5, 0.6) is 11.5 Å². The molecular weight excluding hydrogens is 536 g/mol. The molecule has 1 heterocycles. The van der Waals surface area contributed by atoms with E-state index in [1.54, 1.807) is 18.2 Å². The van der Waals surface area contributed by atoms with Crippen LogP contribution in [0, 0.1) is 11.7 Å². The highest BCUT2D eigenvalue weighted by Crippen LogP contribution is 2.46. The van der Waals surface area contributed by atoms with E-state index in [1.807, 2.05) is 0 Å². The molecular formula is C28H28F4N2O4S. The molecule has 1 N–H and O–H groups in total. The van der Waals surface area contributed by atoms with Gasteiger partial charge in [-0.05, 0) is 73.1 Å². The summed E-state index contributed by atoms with van der Waals surface area (Å²) in [6, 6.07) is 7.26. The molecule has 0 spiro atoms. The second-order valence-corrected chi connectivity index (χ2v) is 11.0. The van der Waals surface area contributed by atoms with Crippen molar-refractivity contribution in [2.24, 2.45) is 5.92 Å². The molecule has 0 radical (unpaired) electrons. The molecule has 0 saturated heterocycles. The fourth-order valence-corrected chi connectivity index (χ4v) is 5.66. The summed E-state index contributed by atoms with van der Waals surface area (Å²) in [7, 11) is 2.98. The number of carbonyl (C=O) groups is 1. The van der Waals surface area contributed by atoms with Crippen LogP contribution in [-0.2, 0) is 6.18 Å². The minimum absolute atomic E-state index is 0.0132. The predicted octanol–water partition coefficient (Wildman–Crippen LogP) is 6.45. The highest BCUT2D eigenvalue weighted by atomic mass is 32.1. The summed E-state index contributed by atoms with van der Waals surface area (Å²) in [4.78, 5) is 20.2. The van der Waals surface area contributed by atoms with Crippen molar-refractivity contribution in [3.63, 3.8) is 0 Å². The Labute approximate surface area is 227 Å². The fourth-order valence-electron chi connectivity index (χ4n) is 4.44. The van der Waals surface area contributed by atoms with Gasteiger partial charge in [-0.1, -0.05) is 6.07 Å². The van der Waals surface area contributed by atoms with Gasteiger partial charge < -0.3 is 19.5 Å². The van der Waals surface area contributed by atoms with Gasteiger partial charge in [-0.3, -0.25) is 4.79 Å². The third kappa shape index (κ3) is 6.19. The Kier molecular flexibility index (Phi) is 7.56. The Morgan fingerprint density at radius 2 is 1.82 bits per heavy atom. The molecule has 1 amide bonds. The fraction of sp³-hybridized carbons (Fsp3) is 0.429. The van der Waals surface area contributed by atoms with E-state index in [9.17, 15) is 27.5 Å². The Hall–Kier alpha value is -3.18. The molecule has 11 heteroatoms. The number of carbonyl (C=O) groups excluding carboxylic acids is 1. The lowest BCUT2D eigenvalue weighted by Gasteiger charge is -2.26. The smallest absolute Gasteiger partial charge is 0.416 e. The van der Waals surface area contributed by atoms with E-state index in [1.165, 1.54) is 19.1 Å². The number of thiazole rings is 1. The van der Waals surface area contributed by atoms with Crippen molar-refractivity contribution in [1.82, 2.24) is 9.88 Å². The third-order valence-corrected chi connectivity index (χ3v) is 8.18. The SMILES string of the molecule is COc1ccc(C(O)CN(CC2CC2)C(=O)c2nc(C3CC3)sc2-c2cc(F)cc(C(F)(F)F)c2)cc1OC. The lowest BCUT2D eigenvalue weighted by Crippen LogP contribution is -2.37. The van der Waals surface area contributed by atoms with Gasteiger partial charge >= 0.3 is 6.18 Å². The van der Waals surface area contributed by atoms with E-state index in [0.29, 0.717) is 34.7 Å². The second kappa shape index (κ2) is 10.8. The topological polar surface area (TPSA) is 71.9 Å². The summed E-state index contributed by atoms with van der Waals surface area (Å²) in [6.45, 7) is 0.313. The zero-order valence-electron chi connectivity index (χ0n) is 21.4. The van der Waals surface area contributed by atoms with E-state index in [-0.39, 0.29) is 34.5 Å². The molecule has 3 aromatic rings. The largest absolute Gasteiger partial charge is 0.493 e. The molecule has 1 unspecified atom stereocenters. The average Bonchev–Trinajstić information content (AvgIpc) is 3.85. The van der Waals surface area contributed by atoms with Crippen molar-refractivity contribution < 1.29 is 36.9 Å². The molecule has 0 bridgehead atoms. The highest BCUT2D eigenvalue weighted by Gasteiger charge is 2.36. The van der Waals surface area contributed by atoms with Crippen molar-refractivity contribution >= 4 is 17.2 Å². The molecule has 6 nitrogen and oxygen atoms in total. The summed E-state index contributed by atoms with van der Waals surface area (Å²) < 4.78 is 65.2. The molecule has 2 saturated carbocycles. The Balaban J connectivity index is 1.49. The third-order valence-electron chi connectivity index (χ3n) is 6.91. The summed E-state index contributed by atoms with van der Waals surface area (Å²) in [6.07, 6.45) is -2.18.